The summed E-state index contributed by atoms with van der Waals surface area (Å²) in [7, 11) is 0. The summed E-state index contributed by atoms with van der Waals surface area (Å²) in [5.74, 6) is 0. The molecule has 1 aromatic heterocycles. The number of aryl methyl sites for hydroxylation is 1. The van der Waals surface area contributed by atoms with Crippen LogP contribution in [0.5, 0.6) is 0 Å². The van der Waals surface area contributed by atoms with Crippen LogP contribution in [0.25, 0.3) is 0 Å². The number of nitrogens with two attached hydrogens (primary N) is 1. The van der Waals surface area contributed by atoms with E-state index in [2.05, 4.69) is 22.0 Å². The number of rotatable bonds is 2. The largest absolute Gasteiger partial charge is 0.324 e. The molecule has 2 aliphatic rings. The number of fused-ring (bicyclic) bond motifs is 1. The molecule has 3 N–H and O–H groups in total. The zero-order chi connectivity index (χ0) is 11.8. The first kappa shape index (κ1) is 11.2. The minimum absolute atomic E-state index is 0.201. The summed E-state index contributed by atoms with van der Waals surface area (Å²) in [6.07, 6.45) is 5.94. The first-order valence-electron chi connectivity index (χ1n) is 6.88. The molecule has 0 aromatic carbocycles. The fraction of sp³-hybridized carbons (Fsp3) is 0.769. The van der Waals surface area contributed by atoms with Crippen molar-refractivity contribution in [1.82, 2.24) is 15.1 Å². The number of likely N-dealkylation sites (tertiary alicyclic amines) is 1. The molecule has 4 heteroatoms. The standard InChI is InChI=1S/C13H22N4/c1-2-17-8-4-7-11(17)13-12-9(14)5-3-6-10(12)15-16-13/h9,11H,2-8,14H2,1H3,(H,15,16)/t9-,11-/m0/s1. The average Bonchev–Trinajstić information content (AvgIpc) is 2.94. The van der Waals surface area contributed by atoms with Gasteiger partial charge in [0.25, 0.3) is 0 Å². The predicted molar refractivity (Wildman–Crippen MR) is 67.7 cm³/mol. The average molecular weight is 234 g/mol. The second-order valence-corrected chi connectivity index (χ2v) is 5.29. The molecular formula is C13H22N4. The predicted octanol–water partition coefficient (Wildman–Crippen LogP) is 1.90. The van der Waals surface area contributed by atoms with Crippen molar-refractivity contribution in [3.63, 3.8) is 0 Å². The summed E-state index contributed by atoms with van der Waals surface area (Å²) >= 11 is 0. The topological polar surface area (TPSA) is 57.9 Å². The smallest absolute Gasteiger partial charge is 0.0844 e. The summed E-state index contributed by atoms with van der Waals surface area (Å²) in [6.45, 7) is 4.55. The van der Waals surface area contributed by atoms with Crippen molar-refractivity contribution in [2.45, 2.75) is 51.1 Å². The Morgan fingerprint density at radius 2 is 2.29 bits per heavy atom. The second-order valence-electron chi connectivity index (χ2n) is 5.29. The molecule has 0 unspecified atom stereocenters. The van der Waals surface area contributed by atoms with E-state index in [1.807, 2.05) is 0 Å². The monoisotopic (exact) mass is 234 g/mol. The molecule has 2 heterocycles. The number of hydrogen-bond acceptors (Lipinski definition) is 3. The molecular weight excluding hydrogens is 212 g/mol. The van der Waals surface area contributed by atoms with Gasteiger partial charge >= 0.3 is 0 Å². The van der Waals surface area contributed by atoms with E-state index in [4.69, 9.17) is 5.73 Å². The number of aromatic nitrogens is 2. The normalized spacial score (nSPS) is 29.5. The van der Waals surface area contributed by atoms with Crippen molar-refractivity contribution in [2.24, 2.45) is 5.73 Å². The SMILES string of the molecule is CCN1CCC[C@H]1c1n[nH]c2c1[C@@H](N)CCC2. The summed E-state index contributed by atoms with van der Waals surface area (Å²) in [6, 6.07) is 0.705. The van der Waals surface area contributed by atoms with Crippen LogP contribution in [-0.2, 0) is 6.42 Å². The lowest BCUT2D eigenvalue weighted by Gasteiger charge is -2.25. The molecule has 0 spiro atoms. The third-order valence-corrected chi connectivity index (χ3v) is 4.31. The maximum atomic E-state index is 6.27. The van der Waals surface area contributed by atoms with Gasteiger partial charge in [-0.1, -0.05) is 6.92 Å². The van der Waals surface area contributed by atoms with Crippen molar-refractivity contribution >= 4 is 0 Å². The Morgan fingerprint density at radius 3 is 3.12 bits per heavy atom. The molecule has 2 atom stereocenters. The van der Waals surface area contributed by atoms with Crippen LogP contribution in [0.4, 0.5) is 0 Å². The minimum atomic E-state index is 0.201. The molecule has 1 saturated heterocycles. The van der Waals surface area contributed by atoms with E-state index in [0.29, 0.717) is 6.04 Å². The molecule has 94 valence electrons. The fourth-order valence-electron chi connectivity index (χ4n) is 3.42. The second kappa shape index (κ2) is 4.42. The van der Waals surface area contributed by atoms with E-state index >= 15 is 0 Å². The molecule has 0 saturated carbocycles. The van der Waals surface area contributed by atoms with Crippen LogP contribution >= 0.6 is 0 Å². The van der Waals surface area contributed by atoms with E-state index in [1.54, 1.807) is 0 Å². The quantitative estimate of drug-likeness (QED) is 0.821. The van der Waals surface area contributed by atoms with Gasteiger partial charge < -0.3 is 5.73 Å². The van der Waals surface area contributed by atoms with Gasteiger partial charge in [-0.15, -0.1) is 0 Å². The van der Waals surface area contributed by atoms with Gasteiger partial charge in [0.1, 0.15) is 0 Å². The van der Waals surface area contributed by atoms with E-state index in [9.17, 15) is 0 Å². The van der Waals surface area contributed by atoms with Gasteiger partial charge in [-0.2, -0.15) is 5.10 Å². The molecule has 1 aliphatic carbocycles. The highest BCUT2D eigenvalue weighted by Gasteiger charge is 2.32. The van der Waals surface area contributed by atoms with Crippen molar-refractivity contribution in [2.75, 3.05) is 13.1 Å². The first-order valence-corrected chi connectivity index (χ1v) is 6.88. The van der Waals surface area contributed by atoms with Gasteiger partial charge in [0.15, 0.2) is 0 Å². The Labute approximate surface area is 103 Å². The lowest BCUT2D eigenvalue weighted by Crippen LogP contribution is -2.26. The van der Waals surface area contributed by atoms with Crippen molar-refractivity contribution < 1.29 is 0 Å². The Kier molecular flexibility index (Phi) is 2.92. The summed E-state index contributed by atoms with van der Waals surface area (Å²) in [5, 5.41) is 7.80. The molecule has 3 rings (SSSR count). The maximum Gasteiger partial charge on any atom is 0.0844 e. The molecule has 0 bridgehead atoms. The summed E-state index contributed by atoms with van der Waals surface area (Å²) in [5.41, 5.74) is 10.1. The Bertz CT molecular complexity index is 398. The first-order chi connectivity index (χ1) is 8.31. The maximum absolute atomic E-state index is 6.27. The molecule has 17 heavy (non-hydrogen) atoms. The number of H-pyrrole nitrogens is 1. The van der Waals surface area contributed by atoms with Crippen LogP contribution in [0, 0.1) is 0 Å². The van der Waals surface area contributed by atoms with Crippen LogP contribution < -0.4 is 5.73 Å². The zero-order valence-electron chi connectivity index (χ0n) is 10.6. The van der Waals surface area contributed by atoms with Gasteiger partial charge in [-0.05, 0) is 45.2 Å². The van der Waals surface area contributed by atoms with Gasteiger partial charge in [-0.3, -0.25) is 10.00 Å². The molecule has 4 nitrogen and oxygen atoms in total. The van der Waals surface area contributed by atoms with Crippen molar-refractivity contribution in [1.29, 1.82) is 0 Å². The number of nitrogens with one attached hydrogen (secondary N) is 1. The van der Waals surface area contributed by atoms with Gasteiger partial charge in [-0.25, -0.2) is 0 Å². The van der Waals surface area contributed by atoms with Crippen LogP contribution in [0.1, 0.15) is 61.6 Å². The van der Waals surface area contributed by atoms with E-state index in [-0.39, 0.29) is 6.04 Å². The third kappa shape index (κ3) is 1.79. The zero-order valence-corrected chi connectivity index (χ0v) is 10.6. The number of aromatic amines is 1. The van der Waals surface area contributed by atoms with E-state index in [0.717, 1.165) is 19.4 Å². The van der Waals surface area contributed by atoms with Gasteiger partial charge in [0, 0.05) is 17.3 Å². The van der Waals surface area contributed by atoms with E-state index in [1.165, 1.54) is 42.8 Å². The highest BCUT2D eigenvalue weighted by atomic mass is 15.2. The summed E-state index contributed by atoms with van der Waals surface area (Å²) in [4.78, 5) is 2.53. The number of hydrogen-bond donors (Lipinski definition) is 2. The molecule has 1 fully saturated rings. The third-order valence-electron chi connectivity index (χ3n) is 4.31. The van der Waals surface area contributed by atoms with Crippen molar-refractivity contribution in [3.05, 3.63) is 17.0 Å². The van der Waals surface area contributed by atoms with Crippen LogP contribution in [0.3, 0.4) is 0 Å². The van der Waals surface area contributed by atoms with E-state index < -0.39 is 0 Å². The molecule has 1 aliphatic heterocycles. The Morgan fingerprint density at radius 1 is 1.41 bits per heavy atom. The highest BCUT2D eigenvalue weighted by molar-refractivity contribution is 5.33. The molecule has 0 radical (unpaired) electrons. The lowest BCUT2D eigenvalue weighted by atomic mass is 9.89. The highest BCUT2D eigenvalue weighted by Crippen LogP contribution is 2.38. The fourth-order valence-corrected chi connectivity index (χ4v) is 3.42. The van der Waals surface area contributed by atoms with Gasteiger partial charge in [0.05, 0.1) is 11.7 Å². The summed E-state index contributed by atoms with van der Waals surface area (Å²) < 4.78 is 0. The number of nitrogens with zero attached hydrogens (tertiary/aromatic N) is 2. The minimum Gasteiger partial charge on any atom is -0.324 e. The Balaban J connectivity index is 1.95. The lowest BCUT2D eigenvalue weighted by molar-refractivity contribution is 0.265. The van der Waals surface area contributed by atoms with Crippen LogP contribution in [0.2, 0.25) is 0 Å². The molecule has 1 aromatic rings. The van der Waals surface area contributed by atoms with Crippen molar-refractivity contribution in [3.8, 4) is 0 Å². The Hall–Kier alpha value is -0.870. The van der Waals surface area contributed by atoms with Crippen LogP contribution in [0.15, 0.2) is 0 Å². The molecule has 0 amide bonds. The van der Waals surface area contributed by atoms with Gasteiger partial charge in [0.2, 0.25) is 0 Å². The van der Waals surface area contributed by atoms with Crippen LogP contribution in [-0.4, -0.2) is 28.2 Å².